The lowest BCUT2D eigenvalue weighted by molar-refractivity contribution is 0.266. The van der Waals surface area contributed by atoms with Gasteiger partial charge in [-0.15, -0.1) is 0 Å². The average molecular weight is 437 g/mol. The van der Waals surface area contributed by atoms with Crippen LogP contribution >= 0.6 is 0 Å². The van der Waals surface area contributed by atoms with Gasteiger partial charge < -0.3 is 20.1 Å². The molecule has 0 bridgehead atoms. The molecule has 2 aliphatic rings. The predicted octanol–water partition coefficient (Wildman–Crippen LogP) is 7.41. The Morgan fingerprint density at radius 3 is 1.28 bits per heavy atom. The van der Waals surface area contributed by atoms with Crippen LogP contribution in [0.4, 0.5) is 11.4 Å². The highest BCUT2D eigenvalue weighted by molar-refractivity contribution is 5.48. The van der Waals surface area contributed by atoms with Gasteiger partial charge in [0, 0.05) is 23.5 Å². The highest BCUT2D eigenvalue weighted by atomic mass is 16.5. The van der Waals surface area contributed by atoms with Gasteiger partial charge in [-0.1, -0.05) is 38.5 Å². The zero-order valence-corrected chi connectivity index (χ0v) is 19.5. The molecule has 0 amide bonds. The van der Waals surface area contributed by atoms with Gasteiger partial charge in [0.25, 0.3) is 0 Å². The van der Waals surface area contributed by atoms with Crippen molar-refractivity contribution >= 4 is 11.4 Å². The van der Waals surface area contributed by atoms with Gasteiger partial charge in [-0.05, 0) is 87.1 Å². The summed E-state index contributed by atoms with van der Waals surface area (Å²) in [4.78, 5) is 0. The van der Waals surface area contributed by atoms with E-state index in [1.165, 1.54) is 75.6 Å². The number of anilines is 2. The molecule has 2 aromatic rings. The number of ether oxygens (including phenoxy) is 2. The third-order valence-electron chi connectivity index (χ3n) is 6.74. The quantitative estimate of drug-likeness (QED) is 0.360. The van der Waals surface area contributed by atoms with Crippen LogP contribution in [0.2, 0.25) is 0 Å². The van der Waals surface area contributed by atoms with Crippen molar-refractivity contribution in [3.63, 3.8) is 0 Å². The maximum absolute atomic E-state index is 5.90. The summed E-state index contributed by atoms with van der Waals surface area (Å²) in [7, 11) is 0. The first-order valence-corrected chi connectivity index (χ1v) is 12.8. The van der Waals surface area contributed by atoms with Gasteiger partial charge in [0.15, 0.2) is 0 Å². The highest BCUT2D eigenvalue weighted by Crippen LogP contribution is 2.24. The standard InChI is InChI=1S/C28H40N2O2/c1-3-9-23(10-4-1)29-25-13-17-27(18-14-25)31-21-7-8-22-32-28-19-15-26(16-20-28)30-24-11-5-2-6-12-24/h13-20,23-24,29-30H,1-12,21-22H2. The normalized spacial score (nSPS) is 17.6. The van der Waals surface area contributed by atoms with E-state index in [0.717, 1.165) is 37.6 Å². The fourth-order valence-electron chi connectivity index (χ4n) is 4.84. The van der Waals surface area contributed by atoms with Crippen LogP contribution in [0.5, 0.6) is 11.5 Å². The fourth-order valence-corrected chi connectivity index (χ4v) is 4.84. The highest BCUT2D eigenvalue weighted by Gasteiger charge is 2.13. The van der Waals surface area contributed by atoms with Crippen LogP contribution in [-0.2, 0) is 0 Å². The van der Waals surface area contributed by atoms with Crippen LogP contribution in [-0.4, -0.2) is 25.3 Å². The Labute approximate surface area is 194 Å². The maximum Gasteiger partial charge on any atom is 0.119 e. The smallest absolute Gasteiger partial charge is 0.119 e. The Bertz CT molecular complexity index is 696. The second kappa shape index (κ2) is 12.6. The molecule has 0 aromatic heterocycles. The van der Waals surface area contributed by atoms with Crippen LogP contribution < -0.4 is 20.1 Å². The molecule has 4 heteroatoms. The minimum Gasteiger partial charge on any atom is -0.494 e. The zero-order valence-electron chi connectivity index (χ0n) is 19.5. The molecule has 0 spiro atoms. The van der Waals surface area contributed by atoms with E-state index in [1.807, 2.05) is 0 Å². The summed E-state index contributed by atoms with van der Waals surface area (Å²) in [5, 5.41) is 7.31. The molecule has 4 rings (SSSR count). The Hall–Kier alpha value is -2.36. The van der Waals surface area contributed by atoms with E-state index in [9.17, 15) is 0 Å². The Morgan fingerprint density at radius 2 is 0.906 bits per heavy atom. The molecule has 2 saturated carbocycles. The number of nitrogens with one attached hydrogen (secondary N) is 2. The van der Waals surface area contributed by atoms with E-state index >= 15 is 0 Å². The molecule has 0 radical (unpaired) electrons. The van der Waals surface area contributed by atoms with Gasteiger partial charge >= 0.3 is 0 Å². The lowest BCUT2D eigenvalue weighted by Gasteiger charge is -2.24. The zero-order chi connectivity index (χ0) is 21.8. The molecule has 0 aliphatic heterocycles. The lowest BCUT2D eigenvalue weighted by Crippen LogP contribution is -2.22. The molecule has 174 valence electrons. The second-order valence-corrected chi connectivity index (χ2v) is 9.41. The fraction of sp³-hybridized carbons (Fsp3) is 0.571. The summed E-state index contributed by atoms with van der Waals surface area (Å²) in [6, 6.07) is 18.1. The number of rotatable bonds is 11. The first kappa shape index (κ1) is 22.8. The van der Waals surface area contributed by atoms with Crippen LogP contribution in [0.1, 0.15) is 77.0 Å². The lowest BCUT2D eigenvalue weighted by atomic mass is 9.95. The third-order valence-corrected chi connectivity index (χ3v) is 6.74. The largest absolute Gasteiger partial charge is 0.494 e. The summed E-state index contributed by atoms with van der Waals surface area (Å²) in [6.07, 6.45) is 15.3. The van der Waals surface area contributed by atoms with E-state index in [2.05, 4.69) is 59.2 Å². The second-order valence-electron chi connectivity index (χ2n) is 9.41. The van der Waals surface area contributed by atoms with E-state index < -0.39 is 0 Å². The van der Waals surface area contributed by atoms with Crippen molar-refractivity contribution in [2.45, 2.75) is 89.1 Å². The van der Waals surface area contributed by atoms with Gasteiger partial charge in [0.1, 0.15) is 11.5 Å². The number of hydrogen-bond acceptors (Lipinski definition) is 4. The SMILES string of the molecule is c1cc(OCCCCOc2ccc(NC3CCCCC3)cc2)ccc1NC1CCCCC1. The Kier molecular flexibility index (Phi) is 9.00. The molecule has 2 aromatic carbocycles. The van der Waals surface area contributed by atoms with Crippen molar-refractivity contribution in [2.24, 2.45) is 0 Å². The summed E-state index contributed by atoms with van der Waals surface area (Å²) >= 11 is 0. The molecule has 4 nitrogen and oxygen atoms in total. The van der Waals surface area contributed by atoms with E-state index in [0.29, 0.717) is 12.1 Å². The third kappa shape index (κ3) is 7.65. The van der Waals surface area contributed by atoms with Crippen molar-refractivity contribution in [3.8, 4) is 11.5 Å². The Balaban J connectivity index is 1.07. The van der Waals surface area contributed by atoms with Crippen molar-refractivity contribution in [3.05, 3.63) is 48.5 Å². The molecule has 0 unspecified atom stereocenters. The van der Waals surface area contributed by atoms with Gasteiger partial charge in [0.2, 0.25) is 0 Å². The topological polar surface area (TPSA) is 42.5 Å². The number of benzene rings is 2. The predicted molar refractivity (Wildman–Crippen MR) is 134 cm³/mol. The van der Waals surface area contributed by atoms with E-state index in [1.54, 1.807) is 0 Å². The van der Waals surface area contributed by atoms with Crippen LogP contribution in [0.15, 0.2) is 48.5 Å². The van der Waals surface area contributed by atoms with Gasteiger partial charge in [-0.3, -0.25) is 0 Å². The number of hydrogen-bond donors (Lipinski definition) is 2. The maximum atomic E-state index is 5.90. The molecule has 2 N–H and O–H groups in total. The first-order chi connectivity index (χ1) is 15.8. The van der Waals surface area contributed by atoms with Crippen molar-refractivity contribution < 1.29 is 9.47 Å². The monoisotopic (exact) mass is 436 g/mol. The molecule has 32 heavy (non-hydrogen) atoms. The molecule has 0 atom stereocenters. The van der Waals surface area contributed by atoms with Gasteiger partial charge in [0.05, 0.1) is 13.2 Å². The van der Waals surface area contributed by atoms with Gasteiger partial charge in [-0.2, -0.15) is 0 Å². The molecule has 2 fully saturated rings. The van der Waals surface area contributed by atoms with Crippen molar-refractivity contribution in [2.75, 3.05) is 23.8 Å². The Morgan fingerprint density at radius 1 is 0.531 bits per heavy atom. The van der Waals surface area contributed by atoms with Crippen LogP contribution in [0, 0.1) is 0 Å². The van der Waals surface area contributed by atoms with Crippen LogP contribution in [0.3, 0.4) is 0 Å². The minimum absolute atomic E-state index is 0.639. The summed E-state index contributed by atoms with van der Waals surface area (Å²) in [5.41, 5.74) is 2.41. The molecule has 0 saturated heterocycles. The number of unbranched alkanes of at least 4 members (excludes halogenated alkanes) is 1. The van der Waals surface area contributed by atoms with Crippen molar-refractivity contribution in [1.29, 1.82) is 0 Å². The summed E-state index contributed by atoms with van der Waals surface area (Å²) < 4.78 is 11.8. The summed E-state index contributed by atoms with van der Waals surface area (Å²) in [6.45, 7) is 1.45. The molecule has 0 heterocycles. The minimum atomic E-state index is 0.639. The summed E-state index contributed by atoms with van der Waals surface area (Å²) in [5.74, 6) is 1.89. The molecular weight excluding hydrogens is 396 g/mol. The molecular formula is C28H40N2O2. The van der Waals surface area contributed by atoms with E-state index in [-0.39, 0.29) is 0 Å². The van der Waals surface area contributed by atoms with E-state index in [4.69, 9.17) is 9.47 Å². The first-order valence-electron chi connectivity index (χ1n) is 12.8. The van der Waals surface area contributed by atoms with Crippen molar-refractivity contribution in [1.82, 2.24) is 0 Å². The average Bonchev–Trinajstić information content (AvgIpc) is 2.85. The molecule has 2 aliphatic carbocycles. The van der Waals surface area contributed by atoms with Gasteiger partial charge in [-0.25, -0.2) is 0 Å². The van der Waals surface area contributed by atoms with Crippen LogP contribution in [0.25, 0.3) is 0 Å².